The summed E-state index contributed by atoms with van der Waals surface area (Å²) >= 11 is 0. The van der Waals surface area contributed by atoms with Gasteiger partial charge >= 0.3 is 10.3 Å². The molecule has 0 fully saturated rings. The molecule has 0 bridgehead atoms. The second-order valence-corrected chi connectivity index (χ2v) is 3.32. The van der Waals surface area contributed by atoms with Crippen LogP contribution in [0.15, 0.2) is 24.5 Å². The van der Waals surface area contributed by atoms with Crippen LogP contribution in [0, 0.1) is 11.3 Å². The lowest BCUT2D eigenvalue weighted by Crippen LogP contribution is -2.41. The topological polar surface area (TPSA) is 82.0 Å². The van der Waals surface area contributed by atoms with Crippen molar-refractivity contribution in [3.05, 3.63) is 30.1 Å². The molecular formula is C6H5N2O3S+. The van der Waals surface area contributed by atoms with Gasteiger partial charge in [0, 0.05) is 12.1 Å². The number of nitriles is 1. The van der Waals surface area contributed by atoms with E-state index < -0.39 is 10.3 Å². The molecule has 0 radical (unpaired) electrons. The van der Waals surface area contributed by atoms with Crippen LogP contribution in [0.3, 0.4) is 0 Å². The molecule has 0 aliphatic carbocycles. The molecule has 5 nitrogen and oxygen atoms in total. The highest BCUT2D eigenvalue weighted by atomic mass is 32.2. The van der Waals surface area contributed by atoms with Crippen LogP contribution >= 0.6 is 0 Å². The Balaban J connectivity index is 3.20. The summed E-state index contributed by atoms with van der Waals surface area (Å²) in [5.41, 5.74) is 0.329. The minimum absolute atomic E-state index is 0.329. The molecule has 1 aromatic heterocycles. The standard InChI is InChI=1S/C6H4N2O3S/c7-5-6-1-3-8(4-2-6)12(9,10)11/h1-4H/p+1. The van der Waals surface area contributed by atoms with E-state index in [0.717, 1.165) is 12.4 Å². The van der Waals surface area contributed by atoms with E-state index in [1.54, 1.807) is 0 Å². The fourth-order valence-corrected chi connectivity index (χ4v) is 1.07. The second-order valence-electron chi connectivity index (χ2n) is 2.01. The van der Waals surface area contributed by atoms with Crippen LogP contribution in [0.5, 0.6) is 0 Å². The van der Waals surface area contributed by atoms with Crippen molar-refractivity contribution in [1.29, 1.82) is 5.26 Å². The summed E-state index contributed by atoms with van der Waals surface area (Å²) < 4.78 is 30.0. The van der Waals surface area contributed by atoms with Gasteiger partial charge in [0.2, 0.25) is 0 Å². The number of hydrogen-bond acceptors (Lipinski definition) is 3. The van der Waals surface area contributed by atoms with Crippen LogP contribution in [-0.4, -0.2) is 13.0 Å². The van der Waals surface area contributed by atoms with Crippen molar-refractivity contribution in [3.63, 3.8) is 0 Å². The Morgan fingerprint density at radius 3 is 2.25 bits per heavy atom. The number of pyridine rings is 1. The van der Waals surface area contributed by atoms with Crippen LogP contribution in [0.25, 0.3) is 0 Å². The molecule has 0 saturated carbocycles. The monoisotopic (exact) mass is 185 g/mol. The first-order valence-electron chi connectivity index (χ1n) is 2.93. The maximum Gasteiger partial charge on any atom is 0.511 e. The van der Waals surface area contributed by atoms with Crippen LogP contribution in [-0.2, 0) is 10.3 Å². The Labute approximate surface area is 69.4 Å². The molecule has 1 heterocycles. The molecule has 0 aliphatic heterocycles. The molecule has 1 N–H and O–H groups in total. The molecule has 0 spiro atoms. The lowest BCUT2D eigenvalue weighted by molar-refractivity contribution is -0.519. The third-order valence-corrected chi connectivity index (χ3v) is 1.97. The minimum Gasteiger partial charge on any atom is -0.233 e. The normalized spacial score (nSPS) is 10.7. The van der Waals surface area contributed by atoms with E-state index in [1.807, 2.05) is 6.07 Å². The Hall–Kier alpha value is -1.45. The quantitative estimate of drug-likeness (QED) is 0.472. The Morgan fingerprint density at radius 2 is 1.92 bits per heavy atom. The molecular weight excluding hydrogens is 180 g/mol. The van der Waals surface area contributed by atoms with Crippen LogP contribution in [0.1, 0.15) is 5.56 Å². The van der Waals surface area contributed by atoms with Crippen LogP contribution < -0.4 is 3.97 Å². The van der Waals surface area contributed by atoms with Gasteiger partial charge in [0.05, 0.1) is 11.6 Å². The number of hydrogen-bond donors (Lipinski definition) is 1. The molecule has 62 valence electrons. The van der Waals surface area contributed by atoms with E-state index in [9.17, 15) is 8.42 Å². The summed E-state index contributed by atoms with van der Waals surface area (Å²) in [6.45, 7) is 0. The molecule has 0 amide bonds. The number of aromatic nitrogens is 1. The van der Waals surface area contributed by atoms with Gasteiger partial charge in [-0.3, -0.25) is 0 Å². The highest BCUT2D eigenvalue weighted by molar-refractivity contribution is 7.79. The summed E-state index contributed by atoms with van der Waals surface area (Å²) in [7, 11) is -4.22. The highest BCUT2D eigenvalue weighted by Crippen LogP contribution is 1.91. The first kappa shape index (κ1) is 8.64. The first-order chi connectivity index (χ1) is 5.54. The van der Waals surface area contributed by atoms with Gasteiger partial charge in [-0.15, -0.1) is 8.42 Å². The molecule has 0 aromatic carbocycles. The van der Waals surface area contributed by atoms with E-state index in [-0.39, 0.29) is 0 Å². The van der Waals surface area contributed by atoms with E-state index in [0.29, 0.717) is 9.54 Å². The molecule has 0 aliphatic rings. The summed E-state index contributed by atoms with van der Waals surface area (Å²) in [4.78, 5) is 0. The lowest BCUT2D eigenvalue weighted by atomic mass is 10.3. The van der Waals surface area contributed by atoms with E-state index in [1.165, 1.54) is 12.1 Å². The molecule has 12 heavy (non-hydrogen) atoms. The van der Waals surface area contributed by atoms with Gasteiger partial charge in [-0.05, 0) is 0 Å². The SMILES string of the molecule is N#Cc1cc[n+](S(=O)(=O)O)cc1. The summed E-state index contributed by atoms with van der Waals surface area (Å²) in [5.74, 6) is 0. The number of rotatable bonds is 1. The zero-order chi connectivity index (χ0) is 9.19. The highest BCUT2D eigenvalue weighted by Gasteiger charge is 2.15. The first-order valence-corrected chi connectivity index (χ1v) is 4.33. The molecule has 6 heteroatoms. The molecule has 1 aromatic rings. The lowest BCUT2D eigenvalue weighted by Gasteiger charge is -1.88. The Morgan fingerprint density at radius 1 is 1.42 bits per heavy atom. The Kier molecular flexibility index (Phi) is 2.08. The molecule has 0 saturated heterocycles. The summed E-state index contributed by atoms with van der Waals surface area (Å²) in [6.07, 6.45) is 2.18. The van der Waals surface area contributed by atoms with E-state index in [4.69, 9.17) is 9.81 Å². The third-order valence-electron chi connectivity index (χ3n) is 1.20. The predicted molar refractivity (Wildman–Crippen MR) is 38.3 cm³/mol. The van der Waals surface area contributed by atoms with Crippen molar-refractivity contribution in [2.24, 2.45) is 0 Å². The van der Waals surface area contributed by atoms with Crippen molar-refractivity contribution in [1.82, 2.24) is 0 Å². The van der Waals surface area contributed by atoms with Crippen molar-refractivity contribution in [2.45, 2.75) is 0 Å². The maximum absolute atomic E-state index is 10.5. The zero-order valence-corrected chi connectivity index (χ0v) is 6.69. The molecule has 0 unspecified atom stereocenters. The maximum atomic E-state index is 10.5. The fraction of sp³-hybridized carbons (Fsp3) is 0. The van der Waals surface area contributed by atoms with Gasteiger partial charge in [0.25, 0.3) is 0 Å². The Bertz CT molecular complexity index is 415. The third kappa shape index (κ3) is 1.78. The summed E-state index contributed by atoms with van der Waals surface area (Å²) in [5, 5.41) is 8.36. The van der Waals surface area contributed by atoms with E-state index in [2.05, 4.69) is 0 Å². The fourth-order valence-electron chi connectivity index (χ4n) is 0.641. The zero-order valence-electron chi connectivity index (χ0n) is 5.88. The molecule has 1 rings (SSSR count). The second kappa shape index (κ2) is 2.89. The van der Waals surface area contributed by atoms with Gasteiger partial charge < -0.3 is 0 Å². The molecule has 0 atom stereocenters. The largest absolute Gasteiger partial charge is 0.511 e. The average Bonchev–Trinajstić information content (AvgIpc) is 2.03. The van der Waals surface area contributed by atoms with E-state index >= 15 is 0 Å². The van der Waals surface area contributed by atoms with Crippen LogP contribution in [0.2, 0.25) is 0 Å². The number of nitrogens with zero attached hydrogens (tertiary/aromatic N) is 2. The van der Waals surface area contributed by atoms with Gasteiger partial charge in [0.15, 0.2) is 12.4 Å². The minimum atomic E-state index is -4.22. The van der Waals surface area contributed by atoms with Crippen molar-refractivity contribution in [2.75, 3.05) is 0 Å². The average molecular weight is 185 g/mol. The van der Waals surface area contributed by atoms with Crippen molar-refractivity contribution < 1.29 is 16.9 Å². The van der Waals surface area contributed by atoms with Gasteiger partial charge in [-0.2, -0.15) is 5.26 Å². The van der Waals surface area contributed by atoms with Crippen molar-refractivity contribution in [3.8, 4) is 6.07 Å². The van der Waals surface area contributed by atoms with Gasteiger partial charge in [-0.1, -0.05) is 3.97 Å². The smallest absolute Gasteiger partial charge is 0.233 e. The summed E-state index contributed by atoms with van der Waals surface area (Å²) in [6, 6.07) is 4.39. The van der Waals surface area contributed by atoms with Gasteiger partial charge in [0.1, 0.15) is 0 Å². The van der Waals surface area contributed by atoms with Gasteiger partial charge in [-0.25, -0.2) is 4.55 Å². The van der Waals surface area contributed by atoms with Crippen molar-refractivity contribution >= 4 is 10.3 Å². The predicted octanol–water partition coefficient (Wildman–Crippen LogP) is -0.503. The van der Waals surface area contributed by atoms with Crippen LogP contribution in [0.4, 0.5) is 0 Å².